The van der Waals surface area contributed by atoms with Crippen LogP contribution in [0.1, 0.15) is 5.56 Å². The second-order valence-corrected chi connectivity index (χ2v) is 3.86. The standard InChI is InChI=1S/C10H9N3OS/c14-9-7-15-10(12-9)13-11-6-8-4-2-1-3-5-8/h1-6H,7H2,(H,12,13,14). The Kier molecular flexibility index (Phi) is 3.14. The summed E-state index contributed by atoms with van der Waals surface area (Å²) in [5.74, 6) is 0.410. The molecule has 4 nitrogen and oxygen atoms in total. The second-order valence-electron chi connectivity index (χ2n) is 2.90. The molecule has 0 aliphatic carbocycles. The van der Waals surface area contributed by atoms with Crippen molar-refractivity contribution in [2.45, 2.75) is 0 Å². The summed E-state index contributed by atoms with van der Waals surface area (Å²) in [5, 5.41) is 10.9. The van der Waals surface area contributed by atoms with E-state index in [-0.39, 0.29) is 5.91 Å². The van der Waals surface area contributed by atoms with Gasteiger partial charge in [-0.3, -0.25) is 4.79 Å². The van der Waals surface area contributed by atoms with Crippen LogP contribution in [0, 0.1) is 0 Å². The average Bonchev–Trinajstić information content (AvgIpc) is 2.66. The predicted octanol–water partition coefficient (Wildman–Crippen LogP) is 1.24. The zero-order chi connectivity index (χ0) is 10.5. The predicted molar refractivity (Wildman–Crippen MR) is 62.1 cm³/mol. The maximum absolute atomic E-state index is 10.8. The van der Waals surface area contributed by atoms with Crippen LogP contribution < -0.4 is 5.32 Å². The van der Waals surface area contributed by atoms with E-state index in [2.05, 4.69) is 15.5 Å². The lowest BCUT2D eigenvalue weighted by Gasteiger charge is -1.90. The number of nitrogens with one attached hydrogen (secondary N) is 1. The van der Waals surface area contributed by atoms with Gasteiger partial charge in [-0.25, -0.2) is 0 Å². The molecule has 1 saturated heterocycles. The molecule has 76 valence electrons. The molecule has 1 amide bonds. The molecule has 2 rings (SSSR count). The molecule has 0 atom stereocenters. The molecule has 1 aromatic rings. The Morgan fingerprint density at radius 2 is 2.13 bits per heavy atom. The molecule has 5 heteroatoms. The van der Waals surface area contributed by atoms with Gasteiger partial charge in [-0.05, 0) is 5.56 Å². The first-order valence-electron chi connectivity index (χ1n) is 4.43. The lowest BCUT2D eigenvalue weighted by atomic mass is 10.2. The van der Waals surface area contributed by atoms with Gasteiger partial charge in [0, 0.05) is 0 Å². The van der Waals surface area contributed by atoms with Crippen LogP contribution in [0.15, 0.2) is 40.5 Å². The summed E-state index contributed by atoms with van der Waals surface area (Å²) in [4.78, 5) is 10.8. The highest BCUT2D eigenvalue weighted by molar-refractivity contribution is 8.15. The summed E-state index contributed by atoms with van der Waals surface area (Å²) < 4.78 is 0. The number of benzene rings is 1. The van der Waals surface area contributed by atoms with Crippen molar-refractivity contribution in [2.75, 3.05) is 5.75 Å². The van der Waals surface area contributed by atoms with Gasteiger partial charge in [0.05, 0.1) is 12.0 Å². The number of hydrogen-bond donors (Lipinski definition) is 1. The van der Waals surface area contributed by atoms with Crippen LogP contribution in [0.5, 0.6) is 0 Å². The molecule has 1 N–H and O–H groups in total. The molecule has 1 fully saturated rings. The number of carbonyl (C=O) groups excluding carboxylic acids is 1. The van der Waals surface area contributed by atoms with Gasteiger partial charge >= 0.3 is 0 Å². The minimum Gasteiger partial charge on any atom is -0.303 e. The van der Waals surface area contributed by atoms with Gasteiger partial charge in [-0.1, -0.05) is 42.1 Å². The molecular formula is C10H9N3OS. The molecule has 0 aromatic heterocycles. The van der Waals surface area contributed by atoms with E-state index in [4.69, 9.17) is 0 Å². The third-order valence-electron chi connectivity index (χ3n) is 1.74. The van der Waals surface area contributed by atoms with Crippen LogP contribution in [0.25, 0.3) is 0 Å². The molecule has 1 aromatic carbocycles. The maximum atomic E-state index is 10.8. The number of thioether (sulfide) groups is 1. The third-order valence-corrected chi connectivity index (χ3v) is 2.60. The van der Waals surface area contributed by atoms with E-state index in [0.717, 1.165) is 5.56 Å². The first-order chi connectivity index (χ1) is 7.34. The number of rotatable bonds is 2. The fourth-order valence-electron chi connectivity index (χ4n) is 1.07. The third kappa shape index (κ3) is 2.92. The van der Waals surface area contributed by atoms with Crippen molar-refractivity contribution in [3.63, 3.8) is 0 Å². The molecule has 1 heterocycles. The van der Waals surface area contributed by atoms with E-state index in [1.165, 1.54) is 11.8 Å². The number of amides is 1. The van der Waals surface area contributed by atoms with E-state index in [0.29, 0.717) is 10.9 Å². The highest BCUT2D eigenvalue weighted by Crippen LogP contribution is 2.08. The van der Waals surface area contributed by atoms with Crippen LogP contribution in [0.2, 0.25) is 0 Å². The van der Waals surface area contributed by atoms with Gasteiger partial charge in [0.25, 0.3) is 0 Å². The van der Waals surface area contributed by atoms with Crippen molar-refractivity contribution in [3.05, 3.63) is 35.9 Å². The van der Waals surface area contributed by atoms with E-state index in [1.807, 2.05) is 30.3 Å². The van der Waals surface area contributed by atoms with Gasteiger partial charge in [0.15, 0.2) is 5.17 Å². The van der Waals surface area contributed by atoms with Crippen LogP contribution in [-0.2, 0) is 4.79 Å². The van der Waals surface area contributed by atoms with Gasteiger partial charge < -0.3 is 5.32 Å². The molecule has 15 heavy (non-hydrogen) atoms. The van der Waals surface area contributed by atoms with E-state index in [9.17, 15) is 4.79 Å². The first-order valence-corrected chi connectivity index (χ1v) is 5.42. The summed E-state index contributed by atoms with van der Waals surface area (Å²) in [6.07, 6.45) is 1.65. The smallest absolute Gasteiger partial charge is 0.236 e. The summed E-state index contributed by atoms with van der Waals surface area (Å²) in [5.41, 5.74) is 0.983. The molecule has 0 saturated carbocycles. The summed E-state index contributed by atoms with van der Waals surface area (Å²) in [7, 11) is 0. The zero-order valence-electron chi connectivity index (χ0n) is 7.88. The molecule has 1 aliphatic heterocycles. The lowest BCUT2D eigenvalue weighted by Crippen LogP contribution is -2.19. The van der Waals surface area contributed by atoms with Crippen LogP contribution in [0.3, 0.4) is 0 Å². The monoisotopic (exact) mass is 219 g/mol. The SMILES string of the molecule is O=C1CS/C(=N/N=Cc2ccccc2)N1. The molecule has 0 spiro atoms. The number of carbonyl (C=O) groups is 1. The summed E-state index contributed by atoms with van der Waals surface area (Å²) >= 11 is 1.36. The van der Waals surface area contributed by atoms with Crippen molar-refractivity contribution in [3.8, 4) is 0 Å². The van der Waals surface area contributed by atoms with E-state index < -0.39 is 0 Å². The number of nitrogens with zero attached hydrogens (tertiary/aromatic N) is 2. The van der Waals surface area contributed by atoms with Crippen molar-refractivity contribution in [1.82, 2.24) is 5.32 Å². The topological polar surface area (TPSA) is 53.8 Å². The molecular weight excluding hydrogens is 210 g/mol. The zero-order valence-corrected chi connectivity index (χ0v) is 8.70. The van der Waals surface area contributed by atoms with Gasteiger partial charge in [-0.2, -0.15) is 5.10 Å². The fourth-order valence-corrected chi connectivity index (χ4v) is 1.70. The Morgan fingerprint density at radius 1 is 1.33 bits per heavy atom. The van der Waals surface area contributed by atoms with Gasteiger partial charge in [0.1, 0.15) is 0 Å². The quantitative estimate of drug-likeness (QED) is 0.601. The van der Waals surface area contributed by atoms with E-state index in [1.54, 1.807) is 6.21 Å². The second kappa shape index (κ2) is 4.75. The Balaban J connectivity index is 1.98. The Hall–Kier alpha value is -1.62. The Labute approximate surface area is 91.5 Å². The number of hydrogen-bond acceptors (Lipinski definition) is 4. The molecule has 0 radical (unpaired) electrons. The van der Waals surface area contributed by atoms with Crippen molar-refractivity contribution >= 4 is 29.1 Å². The average molecular weight is 219 g/mol. The van der Waals surface area contributed by atoms with Crippen molar-refractivity contribution < 1.29 is 4.79 Å². The molecule has 0 unspecified atom stereocenters. The van der Waals surface area contributed by atoms with Gasteiger partial charge in [0.2, 0.25) is 5.91 Å². The Morgan fingerprint density at radius 3 is 2.80 bits per heavy atom. The lowest BCUT2D eigenvalue weighted by molar-refractivity contribution is -0.116. The molecule has 1 aliphatic rings. The number of amidine groups is 1. The maximum Gasteiger partial charge on any atom is 0.236 e. The van der Waals surface area contributed by atoms with Gasteiger partial charge in [-0.15, -0.1) is 5.10 Å². The van der Waals surface area contributed by atoms with Crippen LogP contribution in [-0.4, -0.2) is 23.0 Å². The highest BCUT2D eigenvalue weighted by Gasteiger charge is 2.15. The molecule has 0 bridgehead atoms. The van der Waals surface area contributed by atoms with Crippen molar-refractivity contribution in [2.24, 2.45) is 10.2 Å². The Bertz CT molecular complexity index is 414. The van der Waals surface area contributed by atoms with Crippen molar-refractivity contribution in [1.29, 1.82) is 0 Å². The summed E-state index contributed by atoms with van der Waals surface area (Å²) in [6.45, 7) is 0. The largest absolute Gasteiger partial charge is 0.303 e. The normalized spacial score (nSPS) is 18.7. The van der Waals surface area contributed by atoms with E-state index >= 15 is 0 Å². The minimum atomic E-state index is -0.0198. The first kappa shape index (κ1) is 9.92. The fraction of sp³-hybridized carbons (Fsp3) is 0.100. The van der Waals surface area contributed by atoms with Crippen LogP contribution >= 0.6 is 11.8 Å². The highest BCUT2D eigenvalue weighted by atomic mass is 32.2. The summed E-state index contributed by atoms with van der Waals surface area (Å²) in [6, 6.07) is 9.67. The van der Waals surface area contributed by atoms with Crippen LogP contribution in [0.4, 0.5) is 0 Å². The minimum absolute atomic E-state index is 0.0198.